The molecule has 0 spiro atoms. The van der Waals surface area contributed by atoms with Crippen molar-refractivity contribution in [2.45, 2.75) is 26.2 Å². The standard InChI is InChI=1S/C22H29N3O3/c1-17(2)19-5-3-18(4-6-19)7-9-23-21(26)15-24-10-12-25(13-11-24)22(27)20-8-14-28-16-20/h3-6,8,14,16-17H,7,9-13,15H2,1-2H3,(H,23,26). The van der Waals surface area contributed by atoms with Crippen molar-refractivity contribution in [1.82, 2.24) is 15.1 Å². The minimum Gasteiger partial charge on any atom is -0.472 e. The van der Waals surface area contributed by atoms with Gasteiger partial charge in [0.25, 0.3) is 5.91 Å². The lowest BCUT2D eigenvalue weighted by Crippen LogP contribution is -2.51. The van der Waals surface area contributed by atoms with E-state index >= 15 is 0 Å². The van der Waals surface area contributed by atoms with E-state index in [9.17, 15) is 9.59 Å². The molecule has 1 N–H and O–H groups in total. The second-order valence-electron chi connectivity index (χ2n) is 7.58. The van der Waals surface area contributed by atoms with Gasteiger partial charge in [-0.05, 0) is 29.5 Å². The van der Waals surface area contributed by atoms with E-state index in [4.69, 9.17) is 4.42 Å². The number of nitrogens with one attached hydrogen (secondary N) is 1. The van der Waals surface area contributed by atoms with Gasteiger partial charge in [0.15, 0.2) is 0 Å². The van der Waals surface area contributed by atoms with E-state index in [-0.39, 0.29) is 11.8 Å². The molecule has 1 aromatic carbocycles. The third-order valence-corrected chi connectivity index (χ3v) is 5.18. The summed E-state index contributed by atoms with van der Waals surface area (Å²) in [5.41, 5.74) is 3.14. The molecule has 0 bridgehead atoms. The lowest BCUT2D eigenvalue weighted by molar-refractivity contribution is -0.122. The van der Waals surface area contributed by atoms with E-state index in [1.54, 1.807) is 11.0 Å². The van der Waals surface area contributed by atoms with Crippen molar-refractivity contribution in [3.8, 4) is 0 Å². The summed E-state index contributed by atoms with van der Waals surface area (Å²) in [6.07, 6.45) is 3.81. The van der Waals surface area contributed by atoms with Crippen LogP contribution in [0.5, 0.6) is 0 Å². The smallest absolute Gasteiger partial charge is 0.257 e. The first-order chi connectivity index (χ1) is 13.5. The fraction of sp³-hybridized carbons (Fsp3) is 0.455. The van der Waals surface area contributed by atoms with Crippen molar-refractivity contribution >= 4 is 11.8 Å². The van der Waals surface area contributed by atoms with Gasteiger partial charge < -0.3 is 14.6 Å². The van der Waals surface area contributed by atoms with Gasteiger partial charge in [0.1, 0.15) is 6.26 Å². The minimum atomic E-state index is -0.0127. The van der Waals surface area contributed by atoms with Crippen molar-refractivity contribution < 1.29 is 14.0 Å². The first-order valence-corrected chi connectivity index (χ1v) is 9.92. The van der Waals surface area contributed by atoms with Gasteiger partial charge in [0.05, 0.1) is 18.4 Å². The summed E-state index contributed by atoms with van der Waals surface area (Å²) in [6.45, 7) is 8.03. The molecule has 3 rings (SSSR count). The van der Waals surface area contributed by atoms with Crippen LogP contribution in [0.2, 0.25) is 0 Å². The SMILES string of the molecule is CC(C)c1ccc(CCNC(=O)CN2CCN(C(=O)c3ccoc3)CC2)cc1. The van der Waals surface area contributed by atoms with Gasteiger partial charge in [-0.15, -0.1) is 0 Å². The second kappa shape index (κ2) is 9.55. The summed E-state index contributed by atoms with van der Waals surface area (Å²) >= 11 is 0. The molecule has 0 radical (unpaired) electrons. The highest BCUT2D eigenvalue weighted by Crippen LogP contribution is 2.14. The lowest BCUT2D eigenvalue weighted by atomic mass is 10.0. The molecule has 6 heteroatoms. The normalized spacial score (nSPS) is 15.0. The van der Waals surface area contributed by atoms with Gasteiger partial charge in [-0.3, -0.25) is 14.5 Å². The predicted octanol–water partition coefficient (Wildman–Crippen LogP) is 2.52. The summed E-state index contributed by atoms with van der Waals surface area (Å²) in [6, 6.07) is 10.3. The zero-order chi connectivity index (χ0) is 19.9. The molecular formula is C22H29N3O3. The molecule has 1 aromatic heterocycles. The van der Waals surface area contributed by atoms with Gasteiger partial charge in [-0.2, -0.15) is 0 Å². The summed E-state index contributed by atoms with van der Waals surface area (Å²) in [4.78, 5) is 28.4. The molecule has 0 atom stereocenters. The Labute approximate surface area is 166 Å². The molecule has 1 fully saturated rings. The number of benzene rings is 1. The number of furan rings is 1. The average Bonchev–Trinajstić information content (AvgIpc) is 3.23. The third-order valence-electron chi connectivity index (χ3n) is 5.18. The van der Waals surface area contributed by atoms with Gasteiger partial charge in [0, 0.05) is 32.7 Å². The number of nitrogens with zero attached hydrogens (tertiary/aromatic N) is 2. The van der Waals surface area contributed by atoms with Crippen LogP contribution in [-0.4, -0.2) is 60.9 Å². The largest absolute Gasteiger partial charge is 0.472 e. The number of rotatable bonds is 7. The van der Waals surface area contributed by atoms with Crippen LogP contribution < -0.4 is 5.32 Å². The van der Waals surface area contributed by atoms with E-state index in [2.05, 4.69) is 48.3 Å². The van der Waals surface area contributed by atoms with Gasteiger partial charge in [-0.1, -0.05) is 38.1 Å². The number of piperazine rings is 1. The first kappa shape index (κ1) is 20.1. The molecule has 2 aromatic rings. The predicted molar refractivity (Wildman–Crippen MR) is 108 cm³/mol. The van der Waals surface area contributed by atoms with Crippen LogP contribution in [0.3, 0.4) is 0 Å². The topological polar surface area (TPSA) is 65.8 Å². The van der Waals surface area contributed by atoms with Crippen LogP contribution in [0, 0.1) is 0 Å². The maximum Gasteiger partial charge on any atom is 0.257 e. The summed E-state index contributed by atoms with van der Waals surface area (Å²) in [5.74, 6) is 0.555. The van der Waals surface area contributed by atoms with Crippen LogP contribution in [0.15, 0.2) is 47.3 Å². The van der Waals surface area contributed by atoms with Crippen molar-refractivity contribution in [3.63, 3.8) is 0 Å². The number of hydrogen-bond acceptors (Lipinski definition) is 4. The summed E-state index contributed by atoms with van der Waals surface area (Å²) in [5, 5.41) is 3.00. The Morgan fingerprint density at radius 3 is 2.39 bits per heavy atom. The maximum atomic E-state index is 12.3. The highest BCUT2D eigenvalue weighted by molar-refractivity contribution is 5.93. The fourth-order valence-corrected chi connectivity index (χ4v) is 3.35. The first-order valence-electron chi connectivity index (χ1n) is 9.92. The van der Waals surface area contributed by atoms with Crippen LogP contribution in [0.25, 0.3) is 0 Å². The van der Waals surface area contributed by atoms with Crippen molar-refractivity contribution in [3.05, 3.63) is 59.5 Å². The van der Waals surface area contributed by atoms with E-state index in [1.807, 2.05) is 0 Å². The lowest BCUT2D eigenvalue weighted by Gasteiger charge is -2.34. The average molecular weight is 383 g/mol. The zero-order valence-corrected chi connectivity index (χ0v) is 16.7. The van der Waals surface area contributed by atoms with E-state index < -0.39 is 0 Å². The zero-order valence-electron chi connectivity index (χ0n) is 16.7. The monoisotopic (exact) mass is 383 g/mol. The minimum absolute atomic E-state index is 0.0127. The van der Waals surface area contributed by atoms with E-state index in [0.29, 0.717) is 50.7 Å². The number of amides is 2. The Hall–Kier alpha value is -2.60. The van der Waals surface area contributed by atoms with Crippen molar-refractivity contribution in [2.75, 3.05) is 39.3 Å². The molecule has 2 amide bonds. The molecule has 1 aliphatic heterocycles. The second-order valence-corrected chi connectivity index (χ2v) is 7.58. The highest BCUT2D eigenvalue weighted by Gasteiger charge is 2.23. The fourth-order valence-electron chi connectivity index (χ4n) is 3.35. The van der Waals surface area contributed by atoms with E-state index in [1.165, 1.54) is 23.7 Å². The molecule has 1 aliphatic rings. The van der Waals surface area contributed by atoms with Crippen LogP contribution in [-0.2, 0) is 11.2 Å². The van der Waals surface area contributed by atoms with Crippen LogP contribution in [0.4, 0.5) is 0 Å². The highest BCUT2D eigenvalue weighted by atomic mass is 16.3. The number of hydrogen-bond donors (Lipinski definition) is 1. The Kier molecular flexibility index (Phi) is 6.87. The van der Waals surface area contributed by atoms with E-state index in [0.717, 1.165) is 6.42 Å². The molecule has 2 heterocycles. The number of carbonyl (C=O) groups excluding carboxylic acids is 2. The Bertz CT molecular complexity index is 761. The van der Waals surface area contributed by atoms with Gasteiger partial charge >= 0.3 is 0 Å². The Morgan fingerprint density at radius 2 is 1.79 bits per heavy atom. The molecule has 0 saturated carbocycles. The van der Waals surface area contributed by atoms with Crippen LogP contribution in [0.1, 0.15) is 41.3 Å². The molecule has 0 aliphatic carbocycles. The van der Waals surface area contributed by atoms with Crippen LogP contribution >= 0.6 is 0 Å². The van der Waals surface area contributed by atoms with Crippen molar-refractivity contribution in [1.29, 1.82) is 0 Å². The molecule has 28 heavy (non-hydrogen) atoms. The van der Waals surface area contributed by atoms with Crippen molar-refractivity contribution in [2.24, 2.45) is 0 Å². The Balaban J connectivity index is 1.35. The van der Waals surface area contributed by atoms with Gasteiger partial charge in [-0.25, -0.2) is 0 Å². The van der Waals surface area contributed by atoms with Gasteiger partial charge in [0.2, 0.25) is 5.91 Å². The summed E-state index contributed by atoms with van der Waals surface area (Å²) < 4.78 is 4.97. The Morgan fingerprint density at radius 1 is 1.07 bits per heavy atom. The maximum absolute atomic E-state index is 12.3. The number of carbonyl (C=O) groups is 2. The molecular weight excluding hydrogens is 354 g/mol. The molecule has 6 nitrogen and oxygen atoms in total. The quantitative estimate of drug-likeness (QED) is 0.798. The molecule has 1 saturated heterocycles. The summed E-state index contributed by atoms with van der Waals surface area (Å²) in [7, 11) is 0. The molecule has 0 unspecified atom stereocenters. The third kappa shape index (κ3) is 5.45. The molecule has 150 valence electrons.